The maximum atomic E-state index is 4.19. The summed E-state index contributed by atoms with van der Waals surface area (Å²) >= 11 is 0. The molecule has 0 aromatic rings. The Morgan fingerprint density at radius 1 is 0.175 bits per heavy atom. The van der Waals surface area contributed by atoms with E-state index in [1.165, 1.54) is 283 Å². The Morgan fingerprint density at radius 2 is 0.298 bits per heavy atom. The van der Waals surface area contributed by atoms with Gasteiger partial charge in [0.25, 0.3) is 0 Å². The van der Waals surface area contributed by atoms with Crippen LogP contribution >= 0.6 is 0 Å². The average Bonchev–Trinajstić information content (AvgIpc) is 3.22. The molecule has 0 heterocycles. The normalized spacial score (nSPS) is 12.0. The first-order valence-corrected chi connectivity index (χ1v) is 29.2. The van der Waals surface area contributed by atoms with Crippen LogP contribution in [0.4, 0.5) is 0 Å². The number of unbranched alkanes of at least 4 members (excludes halogenated alkanes) is 40. The molecule has 0 aliphatic carbocycles. The van der Waals surface area contributed by atoms with Gasteiger partial charge in [0.1, 0.15) is 0 Å². The van der Waals surface area contributed by atoms with Crippen LogP contribution in [0.1, 0.15) is 310 Å². The summed E-state index contributed by atoms with van der Waals surface area (Å²) < 4.78 is 0. The zero-order valence-corrected chi connectivity index (χ0v) is 41.4. The zero-order valence-electron chi connectivity index (χ0n) is 40.4. The molecule has 0 aliphatic heterocycles. The first-order valence-electron chi connectivity index (χ1n) is 27.2. The lowest BCUT2D eigenvalue weighted by Gasteiger charge is -2.34. The van der Waals surface area contributed by atoms with Crippen LogP contribution in [0.25, 0.3) is 0 Å². The molecule has 0 atom stereocenters. The predicted molar refractivity (Wildman–Crippen MR) is 264 cm³/mol. The number of rotatable bonds is 52. The van der Waals surface area contributed by atoms with Crippen LogP contribution < -0.4 is 19.9 Å². The van der Waals surface area contributed by atoms with Gasteiger partial charge in [0.2, 0.25) is 0 Å². The molecule has 344 valence electrons. The van der Waals surface area contributed by atoms with Crippen LogP contribution in [0, 0.1) is 0 Å². The van der Waals surface area contributed by atoms with Gasteiger partial charge < -0.3 is 19.9 Å². The topological polar surface area (TPSA) is 48.1 Å². The van der Waals surface area contributed by atoms with Crippen LogP contribution in [-0.4, -0.2) is 34.9 Å². The van der Waals surface area contributed by atoms with Crippen molar-refractivity contribution in [3.8, 4) is 0 Å². The fourth-order valence-corrected chi connectivity index (χ4v) is 11.6. The molecule has 0 spiro atoms. The van der Waals surface area contributed by atoms with Crippen molar-refractivity contribution in [2.24, 2.45) is 0 Å². The molecule has 57 heavy (non-hydrogen) atoms. The van der Waals surface area contributed by atoms with Crippen molar-refractivity contribution in [3.05, 3.63) is 0 Å². The second-order valence-corrected chi connectivity index (χ2v) is 21.5. The minimum atomic E-state index is -2.18. The summed E-state index contributed by atoms with van der Waals surface area (Å²) in [5.41, 5.74) is 0. The van der Waals surface area contributed by atoms with Crippen LogP contribution in [0.5, 0.6) is 0 Å². The van der Waals surface area contributed by atoms with E-state index in [9.17, 15) is 0 Å². The van der Waals surface area contributed by atoms with Crippen molar-refractivity contribution in [2.45, 2.75) is 310 Å². The van der Waals surface area contributed by atoms with Gasteiger partial charge in [-0.3, -0.25) is 0 Å². The number of hydrogen-bond acceptors (Lipinski definition) is 4. The lowest BCUT2D eigenvalue weighted by atomic mass is 10.1. The highest BCUT2D eigenvalue weighted by atomic mass is 28.4. The molecular formula is C52H112N4Si. The lowest BCUT2D eigenvalue weighted by molar-refractivity contribution is 0.530. The van der Waals surface area contributed by atoms with Crippen molar-refractivity contribution < 1.29 is 0 Å². The van der Waals surface area contributed by atoms with Crippen LogP contribution in [-0.2, 0) is 0 Å². The standard InChI is InChI=1S/C52H112N4Si/c1-5-9-13-17-21-25-29-33-37-41-45-49-53-57(54-50-46-42-38-34-30-26-22-18-14-10-6-2,55-51-47-43-39-35-31-27-23-19-15-11-7-3)56-52-48-44-40-36-32-28-24-20-16-12-8-4/h53-56H,5-52H2,1-4H3. The molecular weight excluding hydrogens is 709 g/mol. The van der Waals surface area contributed by atoms with Gasteiger partial charge in [-0.05, 0) is 51.9 Å². The molecule has 0 aliphatic rings. The molecule has 0 fully saturated rings. The van der Waals surface area contributed by atoms with E-state index in [1.54, 1.807) is 0 Å². The van der Waals surface area contributed by atoms with Gasteiger partial charge in [0, 0.05) is 0 Å². The monoisotopic (exact) mass is 821 g/mol. The van der Waals surface area contributed by atoms with E-state index in [2.05, 4.69) is 47.6 Å². The molecule has 0 rings (SSSR count). The zero-order chi connectivity index (χ0) is 41.3. The Hall–Kier alpha value is 0.0569. The van der Waals surface area contributed by atoms with Gasteiger partial charge >= 0.3 is 8.72 Å². The molecule has 5 heteroatoms. The second kappa shape index (κ2) is 50.4. The molecule has 0 unspecified atom stereocenters. The first kappa shape index (κ1) is 57.1. The van der Waals surface area contributed by atoms with E-state index >= 15 is 0 Å². The molecule has 0 saturated heterocycles. The smallest absolute Gasteiger partial charge is 0.301 e. The average molecular weight is 822 g/mol. The van der Waals surface area contributed by atoms with Gasteiger partial charge in [-0.1, -0.05) is 285 Å². The van der Waals surface area contributed by atoms with Gasteiger partial charge in [0.15, 0.2) is 0 Å². The third-order valence-electron chi connectivity index (χ3n) is 12.7. The highest BCUT2D eigenvalue weighted by Gasteiger charge is 2.33. The highest BCUT2D eigenvalue weighted by Crippen LogP contribution is 2.15. The fraction of sp³-hybridized carbons (Fsp3) is 1.00. The van der Waals surface area contributed by atoms with Crippen LogP contribution in [0.15, 0.2) is 0 Å². The predicted octanol–water partition coefficient (Wildman–Crippen LogP) is 17.0. The van der Waals surface area contributed by atoms with Crippen LogP contribution in [0.3, 0.4) is 0 Å². The summed E-state index contributed by atoms with van der Waals surface area (Å²) in [5, 5.41) is 0. The third-order valence-corrected chi connectivity index (χ3v) is 15.8. The minimum absolute atomic E-state index is 1.14. The number of hydrogen-bond donors (Lipinski definition) is 4. The molecule has 0 saturated carbocycles. The second-order valence-electron chi connectivity index (χ2n) is 18.6. The van der Waals surface area contributed by atoms with E-state index in [0.29, 0.717) is 0 Å². The summed E-state index contributed by atoms with van der Waals surface area (Å²) in [6.45, 7) is 13.9. The largest absolute Gasteiger partial charge is 0.365 e. The molecule has 0 amide bonds. The van der Waals surface area contributed by atoms with Gasteiger partial charge in [0.05, 0.1) is 0 Å². The Bertz CT molecular complexity index is 588. The van der Waals surface area contributed by atoms with Crippen molar-refractivity contribution in [1.82, 2.24) is 19.9 Å². The third kappa shape index (κ3) is 45.4. The van der Waals surface area contributed by atoms with E-state index in [4.69, 9.17) is 0 Å². The SMILES string of the molecule is CCCCCCCCCCCCCN[Si](NCCCCCCCCCCCCC)(NCCCCCCCCCCCCC)NCCCCCCCCCCCCC. The molecule has 0 aromatic carbocycles. The van der Waals surface area contributed by atoms with Crippen molar-refractivity contribution in [2.75, 3.05) is 26.2 Å². The fourth-order valence-electron chi connectivity index (χ4n) is 8.64. The van der Waals surface area contributed by atoms with Crippen molar-refractivity contribution in [1.29, 1.82) is 0 Å². The Labute approximate surface area is 363 Å². The lowest BCUT2D eigenvalue weighted by Crippen LogP contribution is -2.81. The number of nitrogens with one attached hydrogen (secondary N) is 4. The maximum absolute atomic E-state index is 4.19. The summed E-state index contributed by atoms with van der Waals surface area (Å²) in [5.74, 6) is 0. The van der Waals surface area contributed by atoms with E-state index in [0.717, 1.165) is 26.2 Å². The minimum Gasteiger partial charge on any atom is -0.301 e. The summed E-state index contributed by atoms with van der Waals surface area (Å²) in [6, 6.07) is 0. The summed E-state index contributed by atoms with van der Waals surface area (Å²) in [4.78, 5) is 16.8. The molecule has 0 aromatic heterocycles. The molecule has 0 radical (unpaired) electrons. The van der Waals surface area contributed by atoms with Gasteiger partial charge in [-0.15, -0.1) is 0 Å². The first-order chi connectivity index (χ1) is 28.2. The van der Waals surface area contributed by atoms with Crippen molar-refractivity contribution >= 4 is 8.72 Å². The Balaban J connectivity index is 4.91. The van der Waals surface area contributed by atoms with E-state index < -0.39 is 8.72 Å². The molecule has 4 N–H and O–H groups in total. The highest BCUT2D eigenvalue weighted by molar-refractivity contribution is 6.70. The molecule has 0 bridgehead atoms. The van der Waals surface area contributed by atoms with E-state index in [-0.39, 0.29) is 0 Å². The van der Waals surface area contributed by atoms with Crippen LogP contribution in [0.2, 0.25) is 0 Å². The van der Waals surface area contributed by atoms with Gasteiger partial charge in [-0.25, -0.2) is 0 Å². The molecule has 4 nitrogen and oxygen atoms in total. The Morgan fingerprint density at radius 3 is 0.439 bits per heavy atom. The quantitative estimate of drug-likeness (QED) is 0.0365. The Kier molecular flexibility index (Phi) is 50.5. The summed E-state index contributed by atoms with van der Waals surface area (Å²) in [7, 11) is -2.18. The summed E-state index contributed by atoms with van der Waals surface area (Å²) in [6.07, 6.45) is 62.3. The van der Waals surface area contributed by atoms with Gasteiger partial charge in [-0.2, -0.15) is 0 Å². The maximum Gasteiger partial charge on any atom is 0.365 e. The van der Waals surface area contributed by atoms with E-state index in [1.807, 2.05) is 0 Å². The van der Waals surface area contributed by atoms with Crippen molar-refractivity contribution in [3.63, 3.8) is 0 Å².